The highest BCUT2D eigenvalue weighted by Crippen LogP contribution is 2.16. The SMILES string of the molecule is CNC(=O)CS(=O)CC(N)c1cc(C)cc(C)c1. The van der Waals surface area contributed by atoms with Crippen molar-refractivity contribution < 1.29 is 9.00 Å². The Morgan fingerprint density at radius 2 is 1.89 bits per heavy atom. The van der Waals surface area contributed by atoms with Gasteiger partial charge in [0.2, 0.25) is 5.91 Å². The fraction of sp³-hybridized carbons (Fsp3) is 0.462. The Balaban J connectivity index is 2.67. The van der Waals surface area contributed by atoms with Crippen LogP contribution in [0.15, 0.2) is 18.2 Å². The molecular formula is C13H20N2O2S. The van der Waals surface area contributed by atoms with Crippen LogP contribution in [0, 0.1) is 13.8 Å². The van der Waals surface area contributed by atoms with Gasteiger partial charge in [-0.25, -0.2) is 0 Å². The predicted molar refractivity (Wildman–Crippen MR) is 74.8 cm³/mol. The number of nitrogens with two attached hydrogens (primary N) is 1. The minimum atomic E-state index is -1.23. The summed E-state index contributed by atoms with van der Waals surface area (Å²) in [7, 11) is 0.300. The highest BCUT2D eigenvalue weighted by atomic mass is 32.2. The molecule has 0 heterocycles. The fourth-order valence-corrected chi connectivity index (χ4v) is 2.95. The maximum absolute atomic E-state index is 11.7. The standard InChI is InChI=1S/C13H20N2O2S/c1-9-4-10(2)6-11(5-9)12(14)7-18(17)8-13(16)15-3/h4-6,12H,7-8,14H2,1-3H3,(H,15,16). The molecule has 0 radical (unpaired) electrons. The molecule has 0 bridgehead atoms. The first-order chi connectivity index (χ1) is 8.42. The van der Waals surface area contributed by atoms with Crippen LogP contribution in [0.1, 0.15) is 22.7 Å². The highest BCUT2D eigenvalue weighted by Gasteiger charge is 2.13. The van der Waals surface area contributed by atoms with Crippen molar-refractivity contribution in [1.82, 2.24) is 5.32 Å². The number of aryl methyl sites for hydroxylation is 2. The van der Waals surface area contributed by atoms with Crippen LogP contribution in [0.4, 0.5) is 0 Å². The second-order valence-electron chi connectivity index (χ2n) is 4.45. The van der Waals surface area contributed by atoms with Crippen LogP contribution in [-0.2, 0) is 15.6 Å². The van der Waals surface area contributed by atoms with E-state index in [-0.39, 0.29) is 17.7 Å². The van der Waals surface area contributed by atoms with Gasteiger partial charge in [0.1, 0.15) is 5.75 Å². The van der Waals surface area contributed by atoms with Crippen LogP contribution in [0.25, 0.3) is 0 Å². The van der Waals surface area contributed by atoms with E-state index in [9.17, 15) is 9.00 Å². The molecule has 0 fully saturated rings. The Morgan fingerprint density at radius 3 is 2.39 bits per heavy atom. The van der Waals surface area contributed by atoms with E-state index in [2.05, 4.69) is 11.4 Å². The minimum absolute atomic E-state index is 0.00893. The molecule has 2 unspecified atom stereocenters. The maximum atomic E-state index is 11.7. The largest absolute Gasteiger partial charge is 0.358 e. The smallest absolute Gasteiger partial charge is 0.232 e. The highest BCUT2D eigenvalue weighted by molar-refractivity contribution is 7.85. The van der Waals surface area contributed by atoms with Crippen molar-refractivity contribution in [1.29, 1.82) is 0 Å². The number of nitrogens with one attached hydrogen (secondary N) is 1. The molecule has 0 spiro atoms. The van der Waals surface area contributed by atoms with Crippen LogP contribution < -0.4 is 11.1 Å². The molecule has 0 saturated heterocycles. The van der Waals surface area contributed by atoms with Crippen LogP contribution in [-0.4, -0.2) is 28.7 Å². The zero-order valence-corrected chi connectivity index (χ0v) is 11.8. The van der Waals surface area contributed by atoms with E-state index in [4.69, 9.17) is 5.73 Å². The summed E-state index contributed by atoms with van der Waals surface area (Å²) in [6.45, 7) is 4.01. The number of rotatable bonds is 5. The van der Waals surface area contributed by atoms with Gasteiger partial charge in [0, 0.05) is 29.6 Å². The first kappa shape index (κ1) is 14.9. The summed E-state index contributed by atoms with van der Waals surface area (Å²) in [6, 6.07) is 5.76. The number of carbonyl (C=O) groups is 1. The molecule has 0 aromatic heterocycles. The molecule has 100 valence electrons. The van der Waals surface area contributed by atoms with Gasteiger partial charge in [-0.15, -0.1) is 0 Å². The van der Waals surface area contributed by atoms with Gasteiger partial charge in [-0.05, 0) is 19.4 Å². The minimum Gasteiger partial charge on any atom is -0.358 e. The third kappa shape index (κ3) is 4.58. The second-order valence-corrected chi connectivity index (χ2v) is 5.95. The van der Waals surface area contributed by atoms with Crippen LogP contribution in [0.5, 0.6) is 0 Å². The van der Waals surface area contributed by atoms with E-state index in [1.54, 1.807) is 0 Å². The molecule has 0 aliphatic rings. The Hall–Kier alpha value is -1.20. The van der Waals surface area contributed by atoms with Crippen molar-refractivity contribution in [2.45, 2.75) is 19.9 Å². The maximum Gasteiger partial charge on any atom is 0.232 e. The second kappa shape index (κ2) is 6.66. The molecular weight excluding hydrogens is 248 g/mol. The van der Waals surface area contributed by atoms with Gasteiger partial charge in [0.25, 0.3) is 0 Å². The Kier molecular flexibility index (Phi) is 5.50. The van der Waals surface area contributed by atoms with Crippen molar-refractivity contribution >= 4 is 16.7 Å². The van der Waals surface area contributed by atoms with E-state index in [0.29, 0.717) is 5.75 Å². The molecule has 5 heteroatoms. The normalized spacial score (nSPS) is 14.0. The summed E-state index contributed by atoms with van der Waals surface area (Å²) < 4.78 is 11.7. The quantitative estimate of drug-likeness (QED) is 0.829. The number of benzene rings is 1. The zero-order chi connectivity index (χ0) is 13.7. The first-order valence-electron chi connectivity index (χ1n) is 5.81. The molecule has 1 amide bonds. The average molecular weight is 268 g/mol. The lowest BCUT2D eigenvalue weighted by atomic mass is 10.0. The van der Waals surface area contributed by atoms with Gasteiger partial charge in [-0.1, -0.05) is 29.3 Å². The van der Waals surface area contributed by atoms with Crippen LogP contribution in [0.3, 0.4) is 0 Å². The topological polar surface area (TPSA) is 72.2 Å². The Labute approximate surface area is 110 Å². The molecule has 0 aliphatic carbocycles. The Morgan fingerprint density at radius 1 is 1.33 bits per heavy atom. The Bertz CT molecular complexity index is 440. The molecule has 4 nitrogen and oxygen atoms in total. The lowest BCUT2D eigenvalue weighted by Gasteiger charge is -2.13. The van der Waals surface area contributed by atoms with Gasteiger partial charge >= 0.3 is 0 Å². The zero-order valence-electron chi connectivity index (χ0n) is 11.0. The van der Waals surface area contributed by atoms with Gasteiger partial charge in [-0.3, -0.25) is 9.00 Å². The van der Waals surface area contributed by atoms with E-state index in [1.165, 1.54) is 7.05 Å². The van der Waals surface area contributed by atoms with Gasteiger partial charge < -0.3 is 11.1 Å². The number of amides is 1. The van der Waals surface area contributed by atoms with Crippen molar-refractivity contribution in [3.8, 4) is 0 Å². The van der Waals surface area contributed by atoms with Crippen LogP contribution in [0.2, 0.25) is 0 Å². The molecule has 0 saturated carbocycles. The van der Waals surface area contributed by atoms with Gasteiger partial charge in [0.15, 0.2) is 0 Å². The lowest BCUT2D eigenvalue weighted by molar-refractivity contribution is -0.118. The van der Waals surface area contributed by atoms with Gasteiger partial charge in [-0.2, -0.15) is 0 Å². The first-order valence-corrected chi connectivity index (χ1v) is 7.30. The number of hydrogen-bond acceptors (Lipinski definition) is 3. The summed E-state index contributed by atoms with van der Waals surface area (Å²) in [5, 5.41) is 2.45. The van der Waals surface area contributed by atoms with Crippen molar-refractivity contribution in [3.63, 3.8) is 0 Å². The third-order valence-corrected chi connectivity index (χ3v) is 3.92. The summed E-state index contributed by atoms with van der Waals surface area (Å²) in [5.74, 6) is 0.0895. The summed E-state index contributed by atoms with van der Waals surface area (Å²) in [4.78, 5) is 11.1. The van der Waals surface area contributed by atoms with Crippen LogP contribution >= 0.6 is 0 Å². The van der Waals surface area contributed by atoms with Gasteiger partial charge in [0.05, 0.1) is 0 Å². The molecule has 0 aliphatic heterocycles. The average Bonchev–Trinajstić information content (AvgIpc) is 2.27. The van der Waals surface area contributed by atoms with E-state index >= 15 is 0 Å². The fourth-order valence-electron chi connectivity index (χ4n) is 1.80. The molecule has 2 atom stereocenters. The molecule has 1 aromatic carbocycles. The van der Waals surface area contributed by atoms with Crippen molar-refractivity contribution in [2.75, 3.05) is 18.6 Å². The van der Waals surface area contributed by atoms with Crippen molar-refractivity contribution in [3.05, 3.63) is 34.9 Å². The molecule has 18 heavy (non-hydrogen) atoms. The lowest BCUT2D eigenvalue weighted by Crippen LogP contribution is -2.28. The predicted octanol–water partition coefficient (Wildman–Crippen LogP) is 0.798. The van der Waals surface area contributed by atoms with E-state index in [0.717, 1.165) is 16.7 Å². The third-order valence-electron chi connectivity index (χ3n) is 2.61. The molecule has 3 N–H and O–H groups in total. The van der Waals surface area contributed by atoms with E-state index in [1.807, 2.05) is 26.0 Å². The summed E-state index contributed by atoms with van der Waals surface area (Å²) in [5.41, 5.74) is 9.27. The molecule has 1 aromatic rings. The summed E-state index contributed by atoms with van der Waals surface area (Å²) in [6.07, 6.45) is 0. The summed E-state index contributed by atoms with van der Waals surface area (Å²) >= 11 is 0. The van der Waals surface area contributed by atoms with Crippen molar-refractivity contribution in [2.24, 2.45) is 5.73 Å². The number of hydrogen-bond donors (Lipinski definition) is 2. The number of carbonyl (C=O) groups excluding carboxylic acids is 1. The molecule has 1 rings (SSSR count). The monoisotopic (exact) mass is 268 g/mol. The van der Waals surface area contributed by atoms with E-state index < -0.39 is 10.8 Å².